The van der Waals surface area contributed by atoms with Gasteiger partial charge >= 0.3 is 0 Å². The normalized spacial score (nSPS) is 11.8. The zero-order valence-corrected chi connectivity index (χ0v) is 11.5. The summed E-state index contributed by atoms with van der Waals surface area (Å²) in [4.78, 5) is 0. The van der Waals surface area contributed by atoms with Crippen LogP contribution in [0.2, 0.25) is 0 Å². The lowest BCUT2D eigenvalue weighted by atomic mass is 10.2. The number of sulfonamides is 1. The second-order valence-corrected chi connectivity index (χ2v) is 6.19. The summed E-state index contributed by atoms with van der Waals surface area (Å²) in [6.07, 6.45) is 0. The number of benzene rings is 1. The molecule has 0 aliphatic heterocycles. The van der Waals surface area contributed by atoms with Crippen LogP contribution in [0, 0.1) is 0 Å². The number of hydrogen-bond acceptors (Lipinski definition) is 3. The lowest BCUT2D eigenvalue weighted by Crippen LogP contribution is -2.29. The van der Waals surface area contributed by atoms with Crippen LogP contribution in [-0.4, -0.2) is 38.5 Å². The van der Waals surface area contributed by atoms with Gasteiger partial charge < -0.3 is 4.74 Å². The van der Waals surface area contributed by atoms with Gasteiger partial charge in [-0.05, 0) is 17.7 Å². The molecule has 0 spiro atoms. The largest absolute Gasteiger partial charge is 0.497 e. The van der Waals surface area contributed by atoms with Crippen molar-refractivity contribution in [3.05, 3.63) is 29.8 Å². The molecule has 0 aliphatic carbocycles. The standard InChI is InChI=1S/C11H16ClNO3S/c1-13(17(14,15)7-6-12)9-10-4-3-5-11(8-10)16-2/h3-5,8H,6-7,9H2,1-2H3. The van der Waals surface area contributed by atoms with Crippen LogP contribution in [0.4, 0.5) is 0 Å². The first-order valence-electron chi connectivity index (χ1n) is 5.12. The van der Waals surface area contributed by atoms with E-state index in [4.69, 9.17) is 16.3 Å². The molecule has 6 heteroatoms. The average molecular weight is 278 g/mol. The predicted octanol–water partition coefficient (Wildman–Crippen LogP) is 1.70. The average Bonchev–Trinajstić information content (AvgIpc) is 2.29. The number of hydrogen-bond donors (Lipinski definition) is 0. The molecule has 0 aromatic heterocycles. The summed E-state index contributed by atoms with van der Waals surface area (Å²) >= 11 is 5.45. The molecule has 0 bridgehead atoms. The molecule has 0 saturated heterocycles. The molecule has 0 aliphatic rings. The van der Waals surface area contributed by atoms with Crippen LogP contribution in [0.25, 0.3) is 0 Å². The summed E-state index contributed by atoms with van der Waals surface area (Å²) in [5, 5.41) is 0. The molecule has 0 unspecified atom stereocenters. The highest BCUT2D eigenvalue weighted by molar-refractivity contribution is 7.89. The Kier molecular flexibility index (Phi) is 5.24. The first-order valence-corrected chi connectivity index (χ1v) is 7.27. The molecule has 0 amide bonds. The number of methoxy groups -OCH3 is 1. The maximum absolute atomic E-state index is 11.7. The molecule has 0 radical (unpaired) electrons. The Balaban J connectivity index is 2.77. The van der Waals surface area contributed by atoms with Gasteiger partial charge in [0.15, 0.2) is 0 Å². The molecular weight excluding hydrogens is 262 g/mol. The summed E-state index contributed by atoms with van der Waals surface area (Å²) in [5.41, 5.74) is 0.880. The zero-order valence-electron chi connectivity index (χ0n) is 9.89. The van der Waals surface area contributed by atoms with Gasteiger partial charge in [0, 0.05) is 19.5 Å². The van der Waals surface area contributed by atoms with E-state index in [1.165, 1.54) is 4.31 Å². The minimum Gasteiger partial charge on any atom is -0.497 e. The maximum Gasteiger partial charge on any atom is 0.215 e. The Morgan fingerprint density at radius 1 is 1.41 bits per heavy atom. The van der Waals surface area contributed by atoms with Gasteiger partial charge in [-0.15, -0.1) is 11.6 Å². The third-order valence-corrected chi connectivity index (χ3v) is 4.56. The van der Waals surface area contributed by atoms with E-state index in [0.29, 0.717) is 12.3 Å². The smallest absolute Gasteiger partial charge is 0.215 e. The minimum atomic E-state index is -3.27. The van der Waals surface area contributed by atoms with E-state index >= 15 is 0 Å². The maximum atomic E-state index is 11.7. The lowest BCUT2D eigenvalue weighted by molar-refractivity contribution is 0.412. The zero-order chi connectivity index (χ0) is 12.9. The summed E-state index contributed by atoms with van der Waals surface area (Å²) in [5.74, 6) is 0.769. The highest BCUT2D eigenvalue weighted by Crippen LogP contribution is 2.15. The Labute approximate surface area is 107 Å². The Morgan fingerprint density at radius 2 is 2.12 bits per heavy atom. The van der Waals surface area contributed by atoms with Crippen molar-refractivity contribution in [3.8, 4) is 5.75 Å². The van der Waals surface area contributed by atoms with Crippen LogP contribution in [0.1, 0.15) is 5.56 Å². The molecule has 0 N–H and O–H groups in total. The summed E-state index contributed by atoms with van der Waals surface area (Å²) in [6, 6.07) is 7.31. The molecule has 1 rings (SSSR count). The summed E-state index contributed by atoms with van der Waals surface area (Å²) in [7, 11) is -0.148. The van der Waals surface area contributed by atoms with Crippen LogP contribution in [0.3, 0.4) is 0 Å². The second kappa shape index (κ2) is 6.23. The fraction of sp³-hybridized carbons (Fsp3) is 0.455. The van der Waals surface area contributed by atoms with Gasteiger partial charge in [-0.3, -0.25) is 0 Å². The van der Waals surface area contributed by atoms with E-state index in [0.717, 1.165) is 5.56 Å². The minimum absolute atomic E-state index is 0.0466. The highest BCUT2D eigenvalue weighted by Gasteiger charge is 2.17. The van der Waals surface area contributed by atoms with Crippen LogP contribution < -0.4 is 4.74 Å². The quantitative estimate of drug-likeness (QED) is 0.744. The van der Waals surface area contributed by atoms with E-state index in [-0.39, 0.29) is 11.6 Å². The van der Waals surface area contributed by atoms with Gasteiger partial charge in [0.25, 0.3) is 0 Å². The van der Waals surface area contributed by atoms with Crippen LogP contribution >= 0.6 is 11.6 Å². The van der Waals surface area contributed by atoms with E-state index in [2.05, 4.69) is 0 Å². The van der Waals surface area contributed by atoms with Gasteiger partial charge in [0.05, 0.1) is 12.9 Å². The van der Waals surface area contributed by atoms with Crippen molar-refractivity contribution in [2.75, 3.05) is 25.8 Å². The molecule has 0 atom stereocenters. The van der Waals surface area contributed by atoms with Crippen molar-refractivity contribution in [2.24, 2.45) is 0 Å². The van der Waals surface area contributed by atoms with Gasteiger partial charge in [0.1, 0.15) is 5.75 Å². The van der Waals surface area contributed by atoms with Crippen LogP contribution in [0.5, 0.6) is 5.75 Å². The molecular formula is C11H16ClNO3S. The predicted molar refractivity (Wildman–Crippen MR) is 69.0 cm³/mol. The monoisotopic (exact) mass is 277 g/mol. The number of halogens is 1. The highest BCUT2D eigenvalue weighted by atomic mass is 35.5. The van der Waals surface area contributed by atoms with Gasteiger partial charge in [-0.1, -0.05) is 12.1 Å². The van der Waals surface area contributed by atoms with E-state index < -0.39 is 10.0 Å². The van der Waals surface area contributed by atoms with Crippen LogP contribution in [0.15, 0.2) is 24.3 Å². The van der Waals surface area contributed by atoms with Crippen molar-refractivity contribution in [3.63, 3.8) is 0 Å². The molecule has 0 fully saturated rings. The van der Waals surface area contributed by atoms with Crippen molar-refractivity contribution < 1.29 is 13.2 Å². The molecule has 4 nitrogen and oxygen atoms in total. The number of nitrogens with zero attached hydrogens (tertiary/aromatic N) is 1. The molecule has 1 aromatic rings. The fourth-order valence-electron chi connectivity index (χ4n) is 1.38. The van der Waals surface area contributed by atoms with E-state index in [1.807, 2.05) is 24.3 Å². The van der Waals surface area contributed by atoms with Crippen molar-refractivity contribution >= 4 is 21.6 Å². The number of rotatable bonds is 6. The fourth-order valence-corrected chi connectivity index (χ4v) is 2.82. The van der Waals surface area contributed by atoms with Crippen LogP contribution in [-0.2, 0) is 16.6 Å². The van der Waals surface area contributed by atoms with Gasteiger partial charge in [0.2, 0.25) is 10.0 Å². The lowest BCUT2D eigenvalue weighted by Gasteiger charge is -2.16. The third kappa shape index (κ3) is 4.18. The second-order valence-electron chi connectivity index (χ2n) is 3.61. The Hall–Kier alpha value is -0.780. The third-order valence-electron chi connectivity index (χ3n) is 2.35. The SMILES string of the molecule is COc1cccc(CN(C)S(=O)(=O)CCCl)c1. The topological polar surface area (TPSA) is 46.6 Å². The van der Waals surface area contributed by atoms with Crippen molar-refractivity contribution in [1.82, 2.24) is 4.31 Å². The van der Waals surface area contributed by atoms with Gasteiger partial charge in [-0.25, -0.2) is 12.7 Å². The number of ether oxygens (including phenoxy) is 1. The first kappa shape index (κ1) is 14.3. The summed E-state index contributed by atoms with van der Waals surface area (Å²) in [6.45, 7) is 0.316. The summed E-state index contributed by atoms with van der Waals surface area (Å²) < 4.78 is 29.8. The number of alkyl halides is 1. The first-order chi connectivity index (χ1) is 7.99. The van der Waals surface area contributed by atoms with E-state index in [9.17, 15) is 8.42 Å². The van der Waals surface area contributed by atoms with Crippen molar-refractivity contribution in [2.45, 2.75) is 6.54 Å². The van der Waals surface area contributed by atoms with Gasteiger partial charge in [-0.2, -0.15) is 0 Å². The Bertz CT molecular complexity index is 462. The van der Waals surface area contributed by atoms with Crippen molar-refractivity contribution in [1.29, 1.82) is 0 Å². The molecule has 17 heavy (non-hydrogen) atoms. The molecule has 0 saturated carbocycles. The molecule has 96 valence electrons. The molecule has 0 heterocycles. The molecule has 1 aromatic carbocycles. The Morgan fingerprint density at radius 3 is 2.71 bits per heavy atom. The van der Waals surface area contributed by atoms with E-state index in [1.54, 1.807) is 14.2 Å².